The van der Waals surface area contributed by atoms with E-state index in [1.165, 1.54) is 18.3 Å². The Kier molecular flexibility index (Phi) is 4.96. The third-order valence-corrected chi connectivity index (χ3v) is 3.22. The number of hydrogen-bond donors (Lipinski definition) is 3. The van der Waals surface area contributed by atoms with Crippen LogP contribution >= 0.6 is 0 Å². The Morgan fingerprint density at radius 1 is 1.08 bits per heavy atom. The highest BCUT2D eigenvalue weighted by atomic mass is 16.3. The van der Waals surface area contributed by atoms with Gasteiger partial charge in [0.25, 0.3) is 5.84 Å². The molecule has 2 heterocycles. The van der Waals surface area contributed by atoms with Crippen molar-refractivity contribution >= 4 is 17.9 Å². The van der Waals surface area contributed by atoms with Crippen LogP contribution in [-0.2, 0) is 0 Å². The largest absolute Gasteiger partial charge is 0.508 e. The van der Waals surface area contributed by atoms with Gasteiger partial charge in [-0.05, 0) is 35.3 Å². The van der Waals surface area contributed by atoms with E-state index in [-0.39, 0.29) is 11.5 Å². The van der Waals surface area contributed by atoms with Crippen LogP contribution in [0.2, 0.25) is 0 Å². The number of aromatic nitrogens is 2. The first kappa shape index (κ1) is 16.1. The molecule has 0 atom stereocenters. The maximum absolute atomic E-state index is 9.78. The molecule has 0 unspecified atom stereocenters. The molecular weight excluding hydrogens is 318 g/mol. The van der Waals surface area contributed by atoms with Gasteiger partial charge in [-0.1, -0.05) is 12.1 Å². The average Bonchev–Trinajstić information content (AvgIpc) is 2.64. The summed E-state index contributed by atoms with van der Waals surface area (Å²) in [4.78, 5) is 11.8. The fourth-order valence-electron chi connectivity index (χ4n) is 2.02. The number of amidine groups is 1. The van der Waals surface area contributed by atoms with E-state index in [1.54, 1.807) is 18.5 Å². The SMILES string of the molecule is Oc1ccc(/C=N/NC(=Nc2cccc[nH+]2)c2ccccn2)c(O)c1. The molecule has 25 heavy (non-hydrogen) atoms. The van der Waals surface area contributed by atoms with Gasteiger partial charge >= 0.3 is 5.82 Å². The van der Waals surface area contributed by atoms with Crippen LogP contribution in [0.15, 0.2) is 77.1 Å². The molecule has 7 nitrogen and oxygen atoms in total. The van der Waals surface area contributed by atoms with Crippen LogP contribution in [0, 0.1) is 0 Å². The van der Waals surface area contributed by atoms with Crippen molar-refractivity contribution in [2.45, 2.75) is 0 Å². The summed E-state index contributed by atoms with van der Waals surface area (Å²) in [7, 11) is 0. The molecule has 0 spiro atoms. The Balaban J connectivity index is 1.85. The third-order valence-electron chi connectivity index (χ3n) is 3.22. The summed E-state index contributed by atoms with van der Waals surface area (Å²) < 4.78 is 0. The van der Waals surface area contributed by atoms with E-state index in [1.807, 2.05) is 36.4 Å². The highest BCUT2D eigenvalue weighted by Gasteiger charge is 2.11. The monoisotopic (exact) mass is 334 g/mol. The average molecular weight is 334 g/mol. The Morgan fingerprint density at radius 3 is 2.68 bits per heavy atom. The lowest BCUT2D eigenvalue weighted by Gasteiger charge is -2.01. The lowest BCUT2D eigenvalue weighted by atomic mass is 10.2. The van der Waals surface area contributed by atoms with E-state index >= 15 is 0 Å². The van der Waals surface area contributed by atoms with Gasteiger partial charge in [0.2, 0.25) is 0 Å². The van der Waals surface area contributed by atoms with Crippen molar-refractivity contribution in [3.63, 3.8) is 0 Å². The predicted octanol–water partition coefficient (Wildman–Crippen LogP) is 2.01. The maximum Gasteiger partial charge on any atom is 0.323 e. The minimum atomic E-state index is -0.0710. The number of rotatable bonds is 4. The van der Waals surface area contributed by atoms with Crippen LogP contribution in [0.5, 0.6) is 11.5 Å². The number of pyridine rings is 2. The van der Waals surface area contributed by atoms with Crippen molar-refractivity contribution in [3.05, 3.63) is 78.2 Å². The molecule has 0 bridgehead atoms. The number of aromatic amines is 1. The summed E-state index contributed by atoms with van der Waals surface area (Å²) in [6, 6.07) is 15.3. The fourth-order valence-corrected chi connectivity index (χ4v) is 2.02. The molecule has 0 saturated carbocycles. The molecule has 0 saturated heterocycles. The maximum atomic E-state index is 9.78. The van der Waals surface area contributed by atoms with Gasteiger partial charge < -0.3 is 10.2 Å². The summed E-state index contributed by atoms with van der Waals surface area (Å²) in [6.45, 7) is 0. The van der Waals surface area contributed by atoms with Gasteiger partial charge in [0.05, 0.1) is 12.4 Å². The number of H-pyrrole nitrogens is 1. The van der Waals surface area contributed by atoms with Gasteiger partial charge in [0.15, 0.2) is 0 Å². The highest BCUT2D eigenvalue weighted by Crippen LogP contribution is 2.20. The van der Waals surface area contributed by atoms with Crippen molar-refractivity contribution in [1.29, 1.82) is 0 Å². The minimum Gasteiger partial charge on any atom is -0.508 e. The van der Waals surface area contributed by atoms with Crippen LogP contribution < -0.4 is 10.4 Å². The van der Waals surface area contributed by atoms with Gasteiger partial charge in [-0.15, -0.1) is 0 Å². The van der Waals surface area contributed by atoms with E-state index in [9.17, 15) is 10.2 Å². The first-order valence-electron chi connectivity index (χ1n) is 7.50. The highest BCUT2D eigenvalue weighted by molar-refractivity contribution is 5.98. The molecule has 7 heteroatoms. The molecule has 0 aliphatic rings. The predicted molar refractivity (Wildman–Crippen MR) is 93.9 cm³/mol. The lowest BCUT2D eigenvalue weighted by Crippen LogP contribution is -2.21. The van der Waals surface area contributed by atoms with Gasteiger partial charge in [0, 0.05) is 23.9 Å². The van der Waals surface area contributed by atoms with Crippen molar-refractivity contribution in [2.24, 2.45) is 10.1 Å². The summed E-state index contributed by atoms with van der Waals surface area (Å²) in [5.41, 5.74) is 3.91. The van der Waals surface area contributed by atoms with E-state index in [0.29, 0.717) is 22.9 Å². The van der Waals surface area contributed by atoms with Crippen molar-refractivity contribution < 1.29 is 15.2 Å². The summed E-state index contributed by atoms with van der Waals surface area (Å²) in [5.74, 6) is 0.993. The van der Waals surface area contributed by atoms with Crippen molar-refractivity contribution in [3.8, 4) is 11.5 Å². The summed E-state index contributed by atoms with van der Waals surface area (Å²) in [6.07, 6.45) is 4.87. The van der Waals surface area contributed by atoms with Crippen LogP contribution in [0.3, 0.4) is 0 Å². The molecule has 0 aliphatic heterocycles. The standard InChI is InChI=1S/C18H15N5O2/c24-14-8-7-13(16(25)11-14)12-21-23-18(15-5-1-3-9-19-15)22-17-6-2-4-10-20-17/h1-12,24-25H,(H,20,22,23)/p+1/b21-12+. The first-order valence-corrected chi connectivity index (χ1v) is 7.50. The molecule has 4 N–H and O–H groups in total. The van der Waals surface area contributed by atoms with E-state index in [2.05, 4.69) is 25.5 Å². The number of nitrogens with one attached hydrogen (secondary N) is 2. The van der Waals surface area contributed by atoms with Crippen molar-refractivity contribution in [1.82, 2.24) is 10.4 Å². The van der Waals surface area contributed by atoms with Crippen LogP contribution in [0.4, 0.5) is 5.82 Å². The number of nitrogens with zero attached hydrogens (tertiary/aromatic N) is 3. The smallest absolute Gasteiger partial charge is 0.323 e. The third kappa shape index (κ3) is 4.38. The Bertz CT molecular complexity index is 896. The van der Waals surface area contributed by atoms with Gasteiger partial charge in [0.1, 0.15) is 17.2 Å². The Hall–Kier alpha value is -3.74. The number of hydrazone groups is 1. The van der Waals surface area contributed by atoms with Gasteiger partial charge in [-0.2, -0.15) is 5.10 Å². The van der Waals surface area contributed by atoms with Crippen molar-refractivity contribution in [2.75, 3.05) is 0 Å². The van der Waals surface area contributed by atoms with Crippen LogP contribution in [-0.4, -0.2) is 27.2 Å². The molecule has 1 aromatic carbocycles. The quantitative estimate of drug-likeness (QED) is 0.386. The van der Waals surface area contributed by atoms with Crippen LogP contribution in [0.25, 0.3) is 0 Å². The Labute approximate surface area is 144 Å². The summed E-state index contributed by atoms with van der Waals surface area (Å²) >= 11 is 0. The zero-order valence-corrected chi connectivity index (χ0v) is 13.2. The molecule has 3 rings (SSSR count). The Morgan fingerprint density at radius 2 is 1.96 bits per heavy atom. The molecule has 0 radical (unpaired) electrons. The van der Waals surface area contributed by atoms with E-state index in [0.717, 1.165) is 0 Å². The minimum absolute atomic E-state index is 0.0158. The lowest BCUT2D eigenvalue weighted by molar-refractivity contribution is -0.362. The molecule has 0 fully saturated rings. The van der Waals surface area contributed by atoms with E-state index < -0.39 is 0 Å². The van der Waals surface area contributed by atoms with E-state index in [4.69, 9.17) is 0 Å². The molecule has 3 aromatic rings. The number of aliphatic imine (C=N–C) groups is 1. The zero-order valence-electron chi connectivity index (χ0n) is 13.2. The first-order chi connectivity index (χ1) is 12.2. The molecule has 124 valence electrons. The second kappa shape index (κ2) is 7.69. The van der Waals surface area contributed by atoms with Gasteiger partial charge in [-0.3, -0.25) is 4.98 Å². The van der Waals surface area contributed by atoms with Crippen LogP contribution in [0.1, 0.15) is 11.3 Å². The number of benzene rings is 1. The number of phenols is 2. The fraction of sp³-hybridized carbons (Fsp3) is 0. The number of aromatic hydroxyl groups is 2. The van der Waals surface area contributed by atoms with Gasteiger partial charge in [-0.25, -0.2) is 10.4 Å². The zero-order chi connectivity index (χ0) is 17.5. The molecular formula is C18H16N5O2+. The molecule has 0 aliphatic carbocycles. The molecule has 2 aromatic heterocycles. The topological polar surface area (TPSA) is 104 Å². The second-order valence-corrected chi connectivity index (χ2v) is 5.04. The summed E-state index contributed by atoms with van der Waals surface area (Å²) in [5, 5.41) is 23.2. The number of phenolic OH excluding ortho intramolecular Hbond substituents is 2. The number of hydrogen-bond acceptors (Lipinski definition) is 5. The second-order valence-electron chi connectivity index (χ2n) is 5.04. The molecule has 0 amide bonds. The normalized spacial score (nSPS) is 11.6.